The van der Waals surface area contributed by atoms with Gasteiger partial charge in [0.2, 0.25) is 0 Å². The second kappa shape index (κ2) is 12.2. The van der Waals surface area contributed by atoms with E-state index >= 15 is 0 Å². The lowest BCUT2D eigenvalue weighted by Gasteiger charge is -2.36. The topological polar surface area (TPSA) is 126 Å². The highest BCUT2D eigenvalue weighted by atomic mass is 19.1. The fourth-order valence-electron chi connectivity index (χ4n) is 5.01. The van der Waals surface area contributed by atoms with Gasteiger partial charge in [0.05, 0.1) is 11.5 Å². The van der Waals surface area contributed by atoms with Gasteiger partial charge in [-0.1, -0.05) is 12.1 Å². The summed E-state index contributed by atoms with van der Waals surface area (Å²) >= 11 is 0. The van der Waals surface area contributed by atoms with Crippen LogP contribution in [0.3, 0.4) is 0 Å². The van der Waals surface area contributed by atoms with Crippen LogP contribution in [0.25, 0.3) is 0 Å². The molecule has 2 unspecified atom stereocenters. The van der Waals surface area contributed by atoms with Crippen molar-refractivity contribution in [1.82, 2.24) is 15.1 Å². The Kier molecular flexibility index (Phi) is 9.52. The molecule has 206 valence electrons. The van der Waals surface area contributed by atoms with E-state index < -0.39 is 48.1 Å². The van der Waals surface area contributed by atoms with Crippen molar-refractivity contribution in [3.05, 3.63) is 47.3 Å². The van der Waals surface area contributed by atoms with Gasteiger partial charge in [-0.2, -0.15) is 5.26 Å². The Morgan fingerprint density at radius 2 is 2.03 bits per heavy atom. The number of nitriles is 1. The van der Waals surface area contributed by atoms with Crippen LogP contribution in [-0.4, -0.2) is 88.4 Å². The van der Waals surface area contributed by atoms with Crippen molar-refractivity contribution < 1.29 is 33.2 Å². The van der Waals surface area contributed by atoms with Crippen LogP contribution in [0.5, 0.6) is 0 Å². The maximum absolute atomic E-state index is 13.7. The monoisotopic (exact) mass is 532 g/mol. The molecule has 2 saturated heterocycles. The molecule has 0 spiro atoms. The molecule has 0 saturated carbocycles. The molecule has 2 aliphatic heterocycles. The summed E-state index contributed by atoms with van der Waals surface area (Å²) in [7, 11) is -1.89. The number of alkyl halides is 1. The lowest BCUT2D eigenvalue weighted by Crippen LogP contribution is -2.52. The zero-order chi connectivity index (χ0) is 28.1. The number of halogens is 2. The van der Waals surface area contributed by atoms with Crippen LogP contribution >= 0.6 is 0 Å². The van der Waals surface area contributed by atoms with Crippen LogP contribution in [0.15, 0.2) is 35.9 Å². The first-order valence-electron chi connectivity index (χ1n) is 12.7. The highest BCUT2D eigenvalue weighted by Crippen LogP contribution is 2.32. The number of hydrogen-bond acceptors (Lipinski definition) is 7. The predicted octanol–water partition coefficient (Wildman–Crippen LogP) is 2.13. The second-order valence-electron chi connectivity index (χ2n) is 10.8. The fourth-order valence-corrected chi connectivity index (χ4v) is 5.01. The number of likely N-dealkylation sites (tertiary alicyclic amines) is 2. The lowest BCUT2D eigenvalue weighted by atomic mass is 9.76. The van der Waals surface area contributed by atoms with E-state index in [0.717, 1.165) is 0 Å². The number of rotatable bonds is 9. The number of amides is 2. The van der Waals surface area contributed by atoms with E-state index in [-0.39, 0.29) is 25.1 Å². The first-order valence-corrected chi connectivity index (χ1v) is 12.7. The number of hydrogen-bond donors (Lipinski definition) is 3. The molecule has 1 aromatic carbocycles. The summed E-state index contributed by atoms with van der Waals surface area (Å²) in [5.74, 6) is -2.03. The van der Waals surface area contributed by atoms with Crippen molar-refractivity contribution >= 4 is 19.1 Å². The van der Waals surface area contributed by atoms with Crippen molar-refractivity contribution in [2.24, 2.45) is 0 Å². The predicted molar refractivity (Wildman–Crippen MR) is 137 cm³/mol. The van der Waals surface area contributed by atoms with Gasteiger partial charge in [0.1, 0.15) is 30.2 Å². The first-order chi connectivity index (χ1) is 17.8. The number of nitrogens with zero attached hydrogens (tertiary/aromatic N) is 3. The Morgan fingerprint density at radius 1 is 1.34 bits per heavy atom. The molecule has 2 fully saturated rings. The summed E-state index contributed by atoms with van der Waals surface area (Å²) in [6.07, 6.45) is 1.35. The van der Waals surface area contributed by atoms with Gasteiger partial charge in [0.25, 0.3) is 5.91 Å². The average molecular weight is 532 g/mol. The van der Waals surface area contributed by atoms with Gasteiger partial charge >= 0.3 is 13.2 Å². The lowest BCUT2D eigenvalue weighted by molar-refractivity contribution is -0.131. The molecular formula is C26H35BF2N4O5. The Balaban J connectivity index is 1.64. The van der Waals surface area contributed by atoms with E-state index in [1.807, 2.05) is 24.8 Å². The molecule has 2 heterocycles. The second-order valence-corrected chi connectivity index (χ2v) is 10.8. The summed E-state index contributed by atoms with van der Waals surface area (Å²) in [5, 5.41) is 31.6. The highest BCUT2D eigenvalue weighted by Gasteiger charge is 2.43. The summed E-state index contributed by atoms with van der Waals surface area (Å²) in [4.78, 5) is 29.3. The van der Waals surface area contributed by atoms with E-state index in [1.54, 1.807) is 13.0 Å². The van der Waals surface area contributed by atoms with E-state index in [2.05, 4.69) is 5.32 Å². The molecule has 3 rings (SSSR count). The maximum atomic E-state index is 13.7. The number of carbonyl (C=O) groups excluding carboxylic acids is 2. The van der Waals surface area contributed by atoms with E-state index in [0.29, 0.717) is 37.9 Å². The van der Waals surface area contributed by atoms with Gasteiger partial charge in [-0.15, -0.1) is 0 Å². The van der Waals surface area contributed by atoms with Crippen LogP contribution in [0.4, 0.5) is 13.6 Å². The van der Waals surface area contributed by atoms with E-state index in [4.69, 9.17) is 4.74 Å². The largest absolute Gasteiger partial charge is 0.475 e. The van der Waals surface area contributed by atoms with Crippen molar-refractivity contribution in [1.29, 1.82) is 5.26 Å². The minimum atomic E-state index is -1.89. The third kappa shape index (κ3) is 7.31. The normalized spacial score (nSPS) is 23.2. The fraction of sp³-hybridized carbons (Fsp3) is 0.577. The Labute approximate surface area is 222 Å². The molecule has 3 N–H and O–H groups in total. The average Bonchev–Trinajstić information content (AvgIpc) is 3.48. The molecular weight excluding hydrogens is 497 g/mol. The highest BCUT2D eigenvalue weighted by molar-refractivity contribution is 6.43. The molecule has 3 atom stereocenters. The minimum absolute atomic E-state index is 0.0290. The van der Waals surface area contributed by atoms with Crippen molar-refractivity contribution in [3.8, 4) is 6.07 Å². The van der Waals surface area contributed by atoms with Crippen LogP contribution in [-0.2, 0) is 16.0 Å². The van der Waals surface area contributed by atoms with Crippen LogP contribution in [0.2, 0.25) is 0 Å². The summed E-state index contributed by atoms with van der Waals surface area (Å²) in [6.45, 7) is 6.41. The smallest absolute Gasteiger partial charge is 0.447 e. The van der Waals surface area contributed by atoms with Gasteiger partial charge in [-0.05, 0) is 70.2 Å². The molecule has 0 radical (unpaired) electrons. The van der Waals surface area contributed by atoms with Crippen LogP contribution < -0.4 is 5.32 Å². The van der Waals surface area contributed by atoms with Gasteiger partial charge < -0.3 is 25.0 Å². The number of ether oxygens (including phenoxy) is 1. The Morgan fingerprint density at radius 3 is 2.61 bits per heavy atom. The number of benzene rings is 1. The molecule has 12 heteroatoms. The van der Waals surface area contributed by atoms with Gasteiger partial charge in [0, 0.05) is 25.2 Å². The molecule has 9 nitrogen and oxygen atoms in total. The molecule has 38 heavy (non-hydrogen) atoms. The van der Waals surface area contributed by atoms with Crippen molar-refractivity contribution in [2.45, 2.75) is 69.6 Å². The first kappa shape index (κ1) is 29.5. The van der Waals surface area contributed by atoms with E-state index in [1.165, 1.54) is 29.2 Å². The third-order valence-electron chi connectivity index (χ3n) is 7.33. The quantitative estimate of drug-likeness (QED) is 0.253. The summed E-state index contributed by atoms with van der Waals surface area (Å²) in [6, 6.07) is 7.40. The van der Waals surface area contributed by atoms with Crippen molar-refractivity contribution in [3.63, 3.8) is 0 Å². The standard InChI is InChI=1S/C26H35BF2N4O5/c1-25(2,32-12-9-21(29)16-32)14-19(15-30)23(34)33-11-4-10-26(33,3)17-38-24(35)31-22(27(36)37)13-18-5-7-20(28)8-6-18/h5-8,14,21-22,36-37H,4,9-13,16-17H2,1-3H3,(H,31,35)/t21?,22-,26?/m0/s1. The van der Waals surface area contributed by atoms with Gasteiger partial charge in [-0.3, -0.25) is 9.69 Å². The number of carbonyl (C=O) groups is 2. The molecule has 2 amide bonds. The number of alkyl carbamates (subject to hydrolysis) is 1. The molecule has 2 aliphatic rings. The summed E-state index contributed by atoms with van der Waals surface area (Å²) in [5.41, 5.74) is -1.05. The number of nitrogens with one attached hydrogen (secondary N) is 1. The van der Waals surface area contributed by atoms with Crippen molar-refractivity contribution in [2.75, 3.05) is 26.2 Å². The van der Waals surface area contributed by atoms with Crippen LogP contribution in [0.1, 0.15) is 45.6 Å². The summed E-state index contributed by atoms with van der Waals surface area (Å²) < 4.78 is 32.3. The SMILES string of the molecule is CC(C)(C=C(C#N)C(=O)N1CCCC1(C)COC(=O)N[C@@H](Cc1ccc(F)cc1)B(O)O)N1CCC(F)C1. The Hall–Kier alpha value is -3.01. The minimum Gasteiger partial charge on any atom is -0.447 e. The Bertz CT molecular complexity index is 1080. The van der Waals surface area contributed by atoms with Gasteiger partial charge in [0.15, 0.2) is 0 Å². The maximum Gasteiger partial charge on any atom is 0.475 e. The molecule has 1 aromatic rings. The third-order valence-corrected chi connectivity index (χ3v) is 7.33. The zero-order valence-corrected chi connectivity index (χ0v) is 22.0. The zero-order valence-electron chi connectivity index (χ0n) is 22.0. The molecule has 0 aromatic heterocycles. The molecule has 0 aliphatic carbocycles. The van der Waals surface area contributed by atoms with E-state index in [9.17, 15) is 33.7 Å². The van der Waals surface area contributed by atoms with Gasteiger partial charge in [-0.25, -0.2) is 13.6 Å². The molecule has 0 bridgehead atoms. The van der Waals surface area contributed by atoms with Crippen LogP contribution in [0, 0.1) is 17.1 Å².